The number of aromatic nitrogens is 5. The van der Waals surface area contributed by atoms with Crippen LogP contribution in [0.5, 0.6) is 5.88 Å². The highest BCUT2D eigenvalue weighted by Crippen LogP contribution is 2.23. The molecular formula is C15H20N6O2S. The van der Waals surface area contributed by atoms with Crippen LogP contribution in [0.15, 0.2) is 29.6 Å². The highest BCUT2D eigenvalue weighted by Gasteiger charge is 2.24. The molecular weight excluding hydrogens is 328 g/mol. The first-order chi connectivity index (χ1) is 11.7. The summed E-state index contributed by atoms with van der Waals surface area (Å²) >= 11 is 1.33. The summed E-state index contributed by atoms with van der Waals surface area (Å²) in [7, 11) is 1.75. The first kappa shape index (κ1) is 16.7. The Bertz CT molecular complexity index is 657. The third-order valence-corrected chi connectivity index (χ3v) is 4.89. The number of aryl methyl sites for hydroxylation is 1. The van der Waals surface area contributed by atoms with Crippen LogP contribution in [0.2, 0.25) is 0 Å². The van der Waals surface area contributed by atoms with E-state index < -0.39 is 0 Å². The van der Waals surface area contributed by atoms with Gasteiger partial charge in [-0.1, -0.05) is 17.8 Å². The van der Waals surface area contributed by atoms with E-state index in [0.717, 1.165) is 25.7 Å². The van der Waals surface area contributed by atoms with Gasteiger partial charge in [-0.15, -0.1) is 5.10 Å². The molecule has 2 heterocycles. The van der Waals surface area contributed by atoms with Crippen LogP contribution in [0.1, 0.15) is 25.7 Å². The maximum atomic E-state index is 12.0. The Labute approximate surface area is 144 Å². The fraction of sp³-hybridized carbons (Fsp3) is 0.533. The van der Waals surface area contributed by atoms with E-state index in [9.17, 15) is 4.79 Å². The highest BCUT2D eigenvalue weighted by molar-refractivity contribution is 7.99. The molecule has 0 spiro atoms. The monoisotopic (exact) mass is 348 g/mol. The van der Waals surface area contributed by atoms with Gasteiger partial charge < -0.3 is 10.1 Å². The van der Waals surface area contributed by atoms with Gasteiger partial charge in [0.15, 0.2) is 0 Å². The minimum absolute atomic E-state index is 0.0112. The molecule has 1 N–H and O–H groups in total. The minimum atomic E-state index is 0.0112. The molecule has 1 aliphatic rings. The van der Waals surface area contributed by atoms with Crippen molar-refractivity contribution in [2.75, 3.05) is 5.75 Å². The van der Waals surface area contributed by atoms with Gasteiger partial charge in [0, 0.05) is 25.4 Å². The van der Waals surface area contributed by atoms with Crippen molar-refractivity contribution in [3.05, 3.63) is 24.4 Å². The summed E-state index contributed by atoms with van der Waals surface area (Å²) in [4.78, 5) is 16.2. The number of tetrazole rings is 1. The second kappa shape index (κ2) is 8.09. The second-order valence-corrected chi connectivity index (χ2v) is 6.64. The van der Waals surface area contributed by atoms with E-state index in [1.165, 1.54) is 11.8 Å². The van der Waals surface area contributed by atoms with Gasteiger partial charge in [0.05, 0.1) is 5.75 Å². The third-order valence-electron chi connectivity index (χ3n) is 3.88. The molecule has 0 aromatic carbocycles. The molecule has 1 aliphatic carbocycles. The molecule has 1 saturated carbocycles. The zero-order chi connectivity index (χ0) is 16.8. The Morgan fingerprint density at radius 2 is 2.21 bits per heavy atom. The van der Waals surface area contributed by atoms with Crippen LogP contribution in [0.4, 0.5) is 0 Å². The molecule has 0 saturated heterocycles. The highest BCUT2D eigenvalue weighted by atomic mass is 32.2. The summed E-state index contributed by atoms with van der Waals surface area (Å²) < 4.78 is 7.42. The lowest BCUT2D eigenvalue weighted by molar-refractivity contribution is -0.119. The minimum Gasteiger partial charge on any atom is -0.474 e. The summed E-state index contributed by atoms with van der Waals surface area (Å²) in [6.45, 7) is 0. The Balaban J connectivity index is 1.37. The molecule has 9 heteroatoms. The molecule has 2 aromatic heterocycles. The first-order valence-electron chi connectivity index (χ1n) is 7.93. The van der Waals surface area contributed by atoms with Crippen molar-refractivity contribution in [2.24, 2.45) is 7.05 Å². The average Bonchev–Trinajstić information content (AvgIpc) is 3.01. The SMILES string of the molecule is Cn1nnnc1SCC(=O)NC1CCC(Oc2ccccn2)CC1. The largest absolute Gasteiger partial charge is 0.474 e. The van der Waals surface area contributed by atoms with E-state index in [1.807, 2.05) is 18.2 Å². The molecule has 24 heavy (non-hydrogen) atoms. The van der Waals surface area contributed by atoms with Gasteiger partial charge in [0.1, 0.15) is 6.10 Å². The number of pyridine rings is 1. The maximum Gasteiger partial charge on any atom is 0.230 e. The molecule has 1 fully saturated rings. The van der Waals surface area contributed by atoms with Gasteiger partial charge in [-0.05, 0) is 42.2 Å². The summed E-state index contributed by atoms with van der Waals surface area (Å²) in [5.41, 5.74) is 0. The van der Waals surface area contributed by atoms with Crippen LogP contribution in [-0.4, -0.2) is 49.0 Å². The van der Waals surface area contributed by atoms with Crippen molar-refractivity contribution in [1.29, 1.82) is 0 Å². The smallest absolute Gasteiger partial charge is 0.230 e. The van der Waals surface area contributed by atoms with Gasteiger partial charge in [0.25, 0.3) is 0 Å². The zero-order valence-corrected chi connectivity index (χ0v) is 14.3. The van der Waals surface area contributed by atoms with Crippen molar-refractivity contribution < 1.29 is 9.53 Å². The van der Waals surface area contributed by atoms with Gasteiger partial charge in [-0.2, -0.15) is 0 Å². The number of rotatable bonds is 6. The van der Waals surface area contributed by atoms with Crippen LogP contribution in [0.25, 0.3) is 0 Å². The van der Waals surface area contributed by atoms with Gasteiger partial charge >= 0.3 is 0 Å². The average molecular weight is 348 g/mol. The first-order valence-corrected chi connectivity index (χ1v) is 8.91. The van der Waals surface area contributed by atoms with E-state index in [2.05, 4.69) is 25.8 Å². The summed E-state index contributed by atoms with van der Waals surface area (Å²) in [6, 6.07) is 5.86. The van der Waals surface area contributed by atoms with Gasteiger partial charge in [0.2, 0.25) is 16.9 Å². The molecule has 0 bridgehead atoms. The molecule has 2 aromatic rings. The van der Waals surface area contributed by atoms with Crippen LogP contribution < -0.4 is 10.1 Å². The van der Waals surface area contributed by atoms with Crippen LogP contribution in [0.3, 0.4) is 0 Å². The second-order valence-electron chi connectivity index (χ2n) is 5.70. The quantitative estimate of drug-likeness (QED) is 0.784. The Morgan fingerprint density at radius 1 is 1.38 bits per heavy atom. The molecule has 0 radical (unpaired) electrons. The lowest BCUT2D eigenvalue weighted by atomic mass is 9.93. The van der Waals surface area contributed by atoms with Gasteiger partial charge in [-0.3, -0.25) is 4.79 Å². The number of carbonyl (C=O) groups excluding carboxylic acids is 1. The number of nitrogens with zero attached hydrogens (tertiary/aromatic N) is 5. The maximum absolute atomic E-state index is 12.0. The fourth-order valence-corrected chi connectivity index (χ4v) is 3.32. The van der Waals surface area contributed by atoms with E-state index >= 15 is 0 Å². The number of hydrogen-bond acceptors (Lipinski definition) is 7. The molecule has 3 rings (SSSR count). The number of hydrogen-bond donors (Lipinski definition) is 1. The Kier molecular flexibility index (Phi) is 5.63. The van der Waals surface area contributed by atoms with Crippen molar-refractivity contribution in [2.45, 2.75) is 43.0 Å². The van der Waals surface area contributed by atoms with E-state index in [1.54, 1.807) is 17.9 Å². The standard InChI is InChI=1S/C15H20N6O2S/c1-21-15(18-19-20-21)24-10-13(22)17-11-5-7-12(8-6-11)23-14-4-2-3-9-16-14/h2-4,9,11-12H,5-8,10H2,1H3,(H,17,22). The topological polar surface area (TPSA) is 94.8 Å². The van der Waals surface area contributed by atoms with Crippen LogP contribution >= 0.6 is 11.8 Å². The number of nitrogens with one attached hydrogen (secondary N) is 1. The van der Waals surface area contributed by atoms with Crippen LogP contribution in [-0.2, 0) is 11.8 Å². The van der Waals surface area contributed by atoms with E-state index in [-0.39, 0.29) is 18.1 Å². The van der Waals surface area contributed by atoms with E-state index in [4.69, 9.17) is 4.74 Å². The molecule has 0 atom stereocenters. The van der Waals surface area contributed by atoms with Gasteiger partial charge in [-0.25, -0.2) is 9.67 Å². The van der Waals surface area contributed by atoms with Crippen molar-refractivity contribution in [3.63, 3.8) is 0 Å². The van der Waals surface area contributed by atoms with E-state index in [0.29, 0.717) is 16.8 Å². The van der Waals surface area contributed by atoms with Crippen molar-refractivity contribution >= 4 is 17.7 Å². The lowest BCUT2D eigenvalue weighted by Gasteiger charge is -2.29. The zero-order valence-electron chi connectivity index (χ0n) is 13.5. The number of amides is 1. The molecule has 128 valence electrons. The normalized spacial score (nSPS) is 20.5. The summed E-state index contributed by atoms with van der Waals surface area (Å²) in [6.07, 6.45) is 5.57. The predicted molar refractivity (Wildman–Crippen MR) is 88.6 cm³/mol. The Morgan fingerprint density at radius 3 is 2.88 bits per heavy atom. The molecule has 0 unspecified atom stereocenters. The predicted octanol–water partition coefficient (Wildman–Crippen LogP) is 1.20. The summed E-state index contributed by atoms with van der Waals surface area (Å²) in [5, 5.41) is 14.8. The summed E-state index contributed by atoms with van der Waals surface area (Å²) in [5.74, 6) is 0.995. The molecule has 0 aliphatic heterocycles. The fourth-order valence-electron chi connectivity index (χ4n) is 2.66. The third kappa shape index (κ3) is 4.67. The number of ether oxygens (including phenoxy) is 1. The van der Waals surface area contributed by atoms with Crippen molar-refractivity contribution in [3.8, 4) is 5.88 Å². The molecule has 1 amide bonds. The number of carbonyl (C=O) groups is 1. The number of thioether (sulfide) groups is 1. The Hall–Kier alpha value is -2.16. The van der Waals surface area contributed by atoms with Crippen LogP contribution in [0, 0.1) is 0 Å². The lowest BCUT2D eigenvalue weighted by Crippen LogP contribution is -2.40. The molecule has 8 nitrogen and oxygen atoms in total. The van der Waals surface area contributed by atoms with Crippen molar-refractivity contribution in [1.82, 2.24) is 30.5 Å².